The van der Waals surface area contributed by atoms with Crippen molar-refractivity contribution in [2.45, 2.75) is 64.0 Å². The van der Waals surface area contributed by atoms with Crippen LogP contribution in [0.25, 0.3) is 5.65 Å². The Balaban J connectivity index is 1.40. The number of benzene rings is 1. The van der Waals surface area contributed by atoms with Gasteiger partial charge in [0.05, 0.1) is 24.9 Å². The van der Waals surface area contributed by atoms with Gasteiger partial charge in [-0.05, 0) is 61.3 Å². The predicted molar refractivity (Wildman–Crippen MR) is 139 cm³/mol. The van der Waals surface area contributed by atoms with Crippen molar-refractivity contribution in [3.63, 3.8) is 0 Å². The van der Waals surface area contributed by atoms with Crippen LogP contribution >= 0.6 is 0 Å². The number of carbonyl (C=O) groups is 4. The van der Waals surface area contributed by atoms with E-state index >= 15 is 0 Å². The fraction of sp³-hybridized carbons (Fsp3) is 0.429. The monoisotopic (exact) mass is 533 g/mol. The van der Waals surface area contributed by atoms with E-state index in [0.29, 0.717) is 24.1 Å². The summed E-state index contributed by atoms with van der Waals surface area (Å²) in [6, 6.07) is 5.16. The molecule has 2 amide bonds. The second-order valence-corrected chi connectivity index (χ2v) is 10.2. The number of ether oxygens (including phenoxy) is 1. The largest absolute Gasteiger partial charge is 0.478 e. The van der Waals surface area contributed by atoms with Crippen LogP contribution in [-0.4, -0.2) is 56.6 Å². The van der Waals surface area contributed by atoms with Gasteiger partial charge in [-0.15, -0.1) is 0 Å². The van der Waals surface area contributed by atoms with E-state index < -0.39 is 29.8 Å². The molecule has 2 atom stereocenters. The van der Waals surface area contributed by atoms with Crippen LogP contribution in [0.15, 0.2) is 30.5 Å². The van der Waals surface area contributed by atoms with Crippen LogP contribution in [0, 0.1) is 12.8 Å². The number of hydrogen-bond donors (Lipinski definition) is 3. The van der Waals surface area contributed by atoms with Gasteiger partial charge in [0.2, 0.25) is 0 Å². The predicted octanol–water partition coefficient (Wildman–Crippen LogP) is 3.00. The number of carbonyl (C=O) groups excluding carboxylic acids is 3. The molecule has 11 nitrogen and oxygen atoms in total. The fourth-order valence-electron chi connectivity index (χ4n) is 5.86. The van der Waals surface area contributed by atoms with Gasteiger partial charge in [0.1, 0.15) is 17.4 Å². The number of aromatic nitrogens is 3. The van der Waals surface area contributed by atoms with E-state index in [1.165, 1.54) is 23.9 Å². The molecule has 0 aliphatic heterocycles. The highest BCUT2D eigenvalue weighted by atomic mass is 16.5. The lowest BCUT2D eigenvalue weighted by molar-refractivity contribution is -0.144. The zero-order valence-corrected chi connectivity index (χ0v) is 21.9. The average molecular weight is 534 g/mol. The number of carboxylic acids is 1. The summed E-state index contributed by atoms with van der Waals surface area (Å²) >= 11 is 0. The first-order valence-electron chi connectivity index (χ1n) is 13.2. The number of hydrogen-bond acceptors (Lipinski definition) is 7. The van der Waals surface area contributed by atoms with E-state index in [-0.39, 0.29) is 28.9 Å². The molecule has 3 N–H and O–H groups in total. The van der Waals surface area contributed by atoms with Crippen LogP contribution in [0.1, 0.15) is 92.6 Å². The van der Waals surface area contributed by atoms with Crippen molar-refractivity contribution in [3.8, 4) is 0 Å². The molecule has 2 aliphatic carbocycles. The van der Waals surface area contributed by atoms with Gasteiger partial charge in [0.25, 0.3) is 11.8 Å². The molecule has 1 fully saturated rings. The van der Waals surface area contributed by atoms with E-state index in [1.54, 1.807) is 25.1 Å². The summed E-state index contributed by atoms with van der Waals surface area (Å²) in [6.07, 6.45) is 7.46. The number of aromatic carboxylic acids is 1. The van der Waals surface area contributed by atoms with Crippen molar-refractivity contribution in [2.75, 3.05) is 7.11 Å². The molecule has 0 radical (unpaired) electrons. The van der Waals surface area contributed by atoms with E-state index in [0.717, 1.165) is 43.2 Å². The van der Waals surface area contributed by atoms with E-state index in [9.17, 15) is 24.3 Å². The first kappa shape index (κ1) is 26.3. The number of methoxy groups -OCH3 is 1. The van der Waals surface area contributed by atoms with Crippen LogP contribution in [0.2, 0.25) is 0 Å². The highest BCUT2D eigenvalue weighted by Gasteiger charge is 2.33. The topological polar surface area (TPSA) is 152 Å². The second kappa shape index (κ2) is 10.8. The Kier molecular flexibility index (Phi) is 7.32. The Bertz CT molecular complexity index is 1460. The van der Waals surface area contributed by atoms with Gasteiger partial charge in [0.15, 0.2) is 5.65 Å². The molecule has 2 aliphatic rings. The highest BCUT2D eigenvalue weighted by Crippen LogP contribution is 2.35. The SMILES string of the molecule is COC(=O)C(NC(=O)c1cc(C(=O)N[C@H]2CCc3c2ccc(C(=O)O)c3C)n2nccc2n1)C1CCCCC1. The van der Waals surface area contributed by atoms with Gasteiger partial charge in [-0.1, -0.05) is 25.3 Å². The third kappa shape index (κ3) is 5.08. The number of nitrogens with one attached hydrogen (secondary N) is 2. The van der Waals surface area contributed by atoms with E-state index in [4.69, 9.17) is 4.74 Å². The molecule has 2 aromatic heterocycles. The Morgan fingerprint density at radius 1 is 1.08 bits per heavy atom. The minimum atomic E-state index is -0.982. The molecule has 0 saturated heterocycles. The second-order valence-electron chi connectivity index (χ2n) is 10.2. The number of nitrogens with zero attached hydrogens (tertiary/aromatic N) is 3. The lowest BCUT2D eigenvalue weighted by Gasteiger charge is -2.28. The normalized spacial score (nSPS) is 17.8. The standard InChI is InChI=1S/C28H31N5O6/c1-15-17-10-11-20(19(17)9-8-18(15)27(36)37)31-26(35)22-14-21(30-23-12-13-29-33(22)23)25(34)32-24(28(38)39-2)16-6-4-3-5-7-16/h8-9,12-14,16,20,24H,3-7,10-11H2,1-2H3,(H,31,35)(H,32,34)(H,36,37)/t20-,24?/m0/s1. The molecule has 3 aromatic rings. The van der Waals surface area contributed by atoms with Gasteiger partial charge in [-0.2, -0.15) is 5.10 Å². The molecule has 39 heavy (non-hydrogen) atoms. The third-order valence-corrected chi connectivity index (χ3v) is 7.92. The molecule has 2 heterocycles. The van der Waals surface area contributed by atoms with Crippen molar-refractivity contribution in [1.29, 1.82) is 0 Å². The van der Waals surface area contributed by atoms with Crippen molar-refractivity contribution in [2.24, 2.45) is 5.92 Å². The average Bonchev–Trinajstić information content (AvgIpc) is 3.58. The van der Waals surface area contributed by atoms with Crippen LogP contribution in [-0.2, 0) is 16.0 Å². The Morgan fingerprint density at radius 2 is 1.85 bits per heavy atom. The van der Waals surface area contributed by atoms with Gasteiger partial charge >= 0.3 is 11.9 Å². The number of rotatable bonds is 7. The molecule has 0 spiro atoms. The number of amides is 2. The molecular formula is C28H31N5O6. The van der Waals surface area contributed by atoms with Crippen molar-refractivity contribution in [1.82, 2.24) is 25.2 Å². The van der Waals surface area contributed by atoms with Crippen molar-refractivity contribution >= 4 is 29.4 Å². The number of esters is 1. The Labute approximate surface area is 224 Å². The summed E-state index contributed by atoms with van der Waals surface area (Å²) in [5.41, 5.74) is 3.18. The summed E-state index contributed by atoms with van der Waals surface area (Å²) < 4.78 is 6.33. The molecule has 11 heteroatoms. The Hall–Kier alpha value is -4.28. The molecule has 1 saturated carbocycles. The molecule has 1 aromatic carbocycles. The van der Waals surface area contributed by atoms with Crippen LogP contribution < -0.4 is 10.6 Å². The summed E-state index contributed by atoms with van der Waals surface area (Å²) in [5, 5.41) is 19.5. The van der Waals surface area contributed by atoms with Crippen molar-refractivity contribution < 1.29 is 29.0 Å². The number of fused-ring (bicyclic) bond motifs is 2. The molecule has 0 bridgehead atoms. The van der Waals surface area contributed by atoms with Gasteiger partial charge in [0, 0.05) is 12.1 Å². The first-order valence-corrected chi connectivity index (χ1v) is 13.2. The number of carboxylic acid groups (broad SMARTS) is 1. The highest BCUT2D eigenvalue weighted by molar-refractivity contribution is 5.99. The van der Waals surface area contributed by atoms with E-state index in [1.807, 2.05) is 0 Å². The summed E-state index contributed by atoms with van der Waals surface area (Å²) in [6.45, 7) is 1.78. The fourth-order valence-corrected chi connectivity index (χ4v) is 5.86. The lowest BCUT2D eigenvalue weighted by Crippen LogP contribution is -2.47. The smallest absolute Gasteiger partial charge is 0.335 e. The summed E-state index contributed by atoms with van der Waals surface area (Å²) in [7, 11) is 1.30. The maximum atomic E-state index is 13.5. The van der Waals surface area contributed by atoms with Crippen LogP contribution in [0.4, 0.5) is 0 Å². The minimum Gasteiger partial charge on any atom is -0.478 e. The van der Waals surface area contributed by atoms with Crippen LogP contribution in [0.5, 0.6) is 0 Å². The maximum Gasteiger partial charge on any atom is 0.335 e. The molecule has 204 valence electrons. The Morgan fingerprint density at radius 3 is 2.56 bits per heavy atom. The lowest BCUT2D eigenvalue weighted by atomic mass is 9.84. The maximum absolute atomic E-state index is 13.5. The third-order valence-electron chi connectivity index (χ3n) is 7.92. The van der Waals surface area contributed by atoms with Crippen LogP contribution in [0.3, 0.4) is 0 Å². The van der Waals surface area contributed by atoms with Crippen molar-refractivity contribution in [3.05, 3.63) is 64.1 Å². The van der Waals surface area contributed by atoms with Gasteiger partial charge < -0.3 is 20.5 Å². The molecule has 5 rings (SSSR count). The zero-order chi connectivity index (χ0) is 27.7. The van der Waals surface area contributed by atoms with Gasteiger partial charge in [-0.3, -0.25) is 9.59 Å². The van der Waals surface area contributed by atoms with E-state index in [2.05, 4.69) is 20.7 Å². The summed E-state index contributed by atoms with van der Waals surface area (Å²) in [5.74, 6) is -2.53. The minimum absolute atomic E-state index is 0.00775. The molecule has 1 unspecified atom stereocenters. The quantitative estimate of drug-likeness (QED) is 0.392. The first-order chi connectivity index (χ1) is 18.8. The zero-order valence-electron chi connectivity index (χ0n) is 21.9. The summed E-state index contributed by atoms with van der Waals surface area (Å²) in [4.78, 5) is 55.2. The molecular weight excluding hydrogens is 502 g/mol. The van der Waals surface area contributed by atoms with Gasteiger partial charge in [-0.25, -0.2) is 19.1 Å².